The van der Waals surface area contributed by atoms with Crippen molar-refractivity contribution in [1.82, 2.24) is 4.98 Å². The van der Waals surface area contributed by atoms with E-state index in [0.717, 1.165) is 6.07 Å². The maximum atomic E-state index is 13.9. The van der Waals surface area contributed by atoms with Gasteiger partial charge >= 0.3 is 0 Å². The molecule has 8 heteroatoms. The number of halogens is 2. The smallest absolute Gasteiger partial charge is 0.178 e. The first kappa shape index (κ1) is 16.5. The van der Waals surface area contributed by atoms with E-state index in [0.29, 0.717) is 32.7 Å². The van der Waals surface area contributed by atoms with E-state index in [4.69, 9.17) is 15.3 Å². The molecule has 0 spiro atoms. The summed E-state index contributed by atoms with van der Waals surface area (Å²) < 4.78 is 37.2. The molecule has 20 heavy (non-hydrogen) atoms. The quantitative estimate of drug-likeness (QED) is 0.403. The third kappa shape index (κ3) is 4.55. The second-order valence-corrected chi connectivity index (χ2v) is 4.09. The molecule has 114 valence electrons. The van der Waals surface area contributed by atoms with Gasteiger partial charge in [0.2, 0.25) is 0 Å². The van der Waals surface area contributed by atoms with Crippen molar-refractivity contribution < 1.29 is 18.3 Å². The molecule has 0 radical (unpaired) electrons. The number of nitrogen functional groups attached to an aromatic ring is 1. The van der Waals surface area contributed by atoms with Crippen molar-refractivity contribution in [1.29, 1.82) is 0 Å². The molecule has 0 saturated carbocycles. The minimum absolute atomic E-state index is 0.0347. The fraction of sp³-hybridized carbons (Fsp3) is 0.583. The van der Waals surface area contributed by atoms with Crippen LogP contribution >= 0.6 is 0 Å². The van der Waals surface area contributed by atoms with Gasteiger partial charge < -0.3 is 19.8 Å². The van der Waals surface area contributed by atoms with E-state index in [1.807, 2.05) is 0 Å². The molecule has 0 aliphatic heterocycles. The zero-order valence-corrected chi connectivity index (χ0v) is 11.7. The van der Waals surface area contributed by atoms with Crippen LogP contribution in [0.4, 0.5) is 20.4 Å². The Labute approximate surface area is 116 Å². The molecule has 1 aromatic rings. The fourth-order valence-corrected chi connectivity index (χ4v) is 1.70. The van der Waals surface area contributed by atoms with Crippen LogP contribution in [-0.4, -0.2) is 45.5 Å². The molecule has 0 amide bonds. The number of hydrazine groups is 1. The van der Waals surface area contributed by atoms with Gasteiger partial charge in [0.15, 0.2) is 23.3 Å². The standard InChI is InChI=1S/C12H20F2N4O2/c1-19-6-3-4-18(5-7-20-2)12-10(14)8-9(13)11(16-12)17-15/h8H,3-7,15H2,1-2H3,(H,16,17). The van der Waals surface area contributed by atoms with Crippen LogP contribution in [0.15, 0.2) is 6.07 Å². The van der Waals surface area contributed by atoms with Gasteiger partial charge in [0, 0.05) is 40.0 Å². The van der Waals surface area contributed by atoms with Crippen molar-refractivity contribution in [3.8, 4) is 0 Å². The Morgan fingerprint density at radius 3 is 2.50 bits per heavy atom. The number of hydrogen-bond donors (Lipinski definition) is 2. The van der Waals surface area contributed by atoms with Gasteiger partial charge in [-0.15, -0.1) is 0 Å². The second kappa shape index (κ2) is 8.62. The minimum Gasteiger partial charge on any atom is -0.385 e. The second-order valence-electron chi connectivity index (χ2n) is 4.09. The van der Waals surface area contributed by atoms with Gasteiger partial charge in [-0.05, 0) is 6.42 Å². The van der Waals surface area contributed by atoms with Gasteiger partial charge in [-0.25, -0.2) is 19.6 Å². The molecule has 0 fully saturated rings. The number of aromatic nitrogens is 1. The number of methoxy groups -OCH3 is 2. The monoisotopic (exact) mass is 290 g/mol. The lowest BCUT2D eigenvalue weighted by atomic mass is 10.3. The predicted molar refractivity (Wildman–Crippen MR) is 72.5 cm³/mol. The van der Waals surface area contributed by atoms with Gasteiger partial charge in [0.1, 0.15) is 0 Å². The normalized spacial score (nSPS) is 10.7. The molecule has 0 bridgehead atoms. The zero-order chi connectivity index (χ0) is 15.0. The highest BCUT2D eigenvalue weighted by Gasteiger charge is 2.17. The molecule has 0 atom stereocenters. The fourth-order valence-electron chi connectivity index (χ4n) is 1.70. The SMILES string of the molecule is COCCCN(CCOC)c1nc(NN)c(F)cc1F. The molecular weight excluding hydrogens is 270 g/mol. The van der Waals surface area contributed by atoms with E-state index < -0.39 is 11.6 Å². The largest absolute Gasteiger partial charge is 0.385 e. The summed E-state index contributed by atoms with van der Waals surface area (Å²) in [6.45, 7) is 1.88. The van der Waals surface area contributed by atoms with Crippen molar-refractivity contribution in [2.45, 2.75) is 6.42 Å². The minimum atomic E-state index is -0.836. The Balaban J connectivity index is 2.92. The van der Waals surface area contributed by atoms with E-state index in [2.05, 4.69) is 10.4 Å². The summed E-state index contributed by atoms with van der Waals surface area (Å²) in [5.74, 6) is 3.41. The number of nitrogens with one attached hydrogen (secondary N) is 1. The van der Waals surface area contributed by atoms with Gasteiger partial charge in [-0.1, -0.05) is 0 Å². The molecule has 3 N–H and O–H groups in total. The number of nitrogens with two attached hydrogens (primary N) is 1. The maximum absolute atomic E-state index is 13.9. The number of pyridine rings is 1. The highest BCUT2D eigenvalue weighted by Crippen LogP contribution is 2.22. The number of anilines is 2. The van der Waals surface area contributed by atoms with Crippen molar-refractivity contribution >= 4 is 11.6 Å². The number of ether oxygens (including phenoxy) is 2. The zero-order valence-electron chi connectivity index (χ0n) is 11.7. The van der Waals surface area contributed by atoms with Crippen LogP contribution in [0, 0.1) is 11.6 Å². The molecule has 0 saturated heterocycles. The molecule has 6 nitrogen and oxygen atoms in total. The van der Waals surface area contributed by atoms with Crippen molar-refractivity contribution in [3.63, 3.8) is 0 Å². The van der Waals surface area contributed by atoms with E-state index >= 15 is 0 Å². The Hall–Kier alpha value is -1.51. The van der Waals surface area contributed by atoms with Crippen LogP contribution in [0.5, 0.6) is 0 Å². The molecule has 0 aromatic carbocycles. The predicted octanol–water partition coefficient (Wildman–Crippen LogP) is 1.13. The Bertz CT molecular complexity index is 421. The third-order valence-electron chi connectivity index (χ3n) is 2.69. The van der Waals surface area contributed by atoms with Crippen molar-refractivity contribution in [2.75, 3.05) is 50.8 Å². The van der Waals surface area contributed by atoms with Crippen LogP contribution in [0.3, 0.4) is 0 Å². The van der Waals surface area contributed by atoms with Crippen LogP contribution < -0.4 is 16.2 Å². The maximum Gasteiger partial charge on any atom is 0.178 e. The Kier molecular flexibility index (Phi) is 7.13. The third-order valence-corrected chi connectivity index (χ3v) is 2.69. The summed E-state index contributed by atoms with van der Waals surface area (Å²) >= 11 is 0. The first-order valence-electron chi connectivity index (χ1n) is 6.19. The number of rotatable bonds is 9. The number of nitrogens with zero attached hydrogens (tertiary/aromatic N) is 2. The molecule has 1 aromatic heterocycles. The summed E-state index contributed by atoms with van der Waals surface area (Å²) in [4.78, 5) is 5.53. The highest BCUT2D eigenvalue weighted by atomic mass is 19.1. The van der Waals surface area contributed by atoms with Crippen molar-refractivity contribution in [2.24, 2.45) is 5.84 Å². The van der Waals surface area contributed by atoms with E-state index in [-0.39, 0.29) is 11.6 Å². The lowest BCUT2D eigenvalue weighted by Crippen LogP contribution is -2.31. The van der Waals surface area contributed by atoms with Gasteiger partial charge in [-0.3, -0.25) is 0 Å². The van der Waals surface area contributed by atoms with E-state index in [9.17, 15) is 8.78 Å². The lowest BCUT2D eigenvalue weighted by Gasteiger charge is -2.24. The molecule has 0 aliphatic carbocycles. The van der Waals surface area contributed by atoms with Crippen molar-refractivity contribution in [3.05, 3.63) is 17.7 Å². The molecule has 0 unspecified atom stereocenters. The number of hydrogen-bond acceptors (Lipinski definition) is 6. The highest BCUT2D eigenvalue weighted by molar-refractivity contribution is 5.48. The van der Waals surface area contributed by atoms with Gasteiger partial charge in [0.25, 0.3) is 0 Å². The van der Waals surface area contributed by atoms with Crippen LogP contribution in [0.25, 0.3) is 0 Å². The van der Waals surface area contributed by atoms with E-state index in [1.165, 1.54) is 0 Å². The topological polar surface area (TPSA) is 72.6 Å². The summed E-state index contributed by atoms with van der Waals surface area (Å²) in [6.07, 6.45) is 0.685. The molecule has 1 heterocycles. The first-order chi connectivity index (χ1) is 9.63. The lowest BCUT2D eigenvalue weighted by molar-refractivity contribution is 0.190. The van der Waals surface area contributed by atoms with Crippen LogP contribution in [0.2, 0.25) is 0 Å². The Morgan fingerprint density at radius 1 is 1.20 bits per heavy atom. The average Bonchev–Trinajstić information content (AvgIpc) is 2.43. The molecule has 1 rings (SSSR count). The summed E-state index contributed by atoms with van der Waals surface area (Å²) in [7, 11) is 3.14. The van der Waals surface area contributed by atoms with Gasteiger partial charge in [0.05, 0.1) is 6.61 Å². The summed E-state index contributed by atoms with van der Waals surface area (Å²) in [5, 5.41) is 0. The average molecular weight is 290 g/mol. The van der Waals surface area contributed by atoms with Crippen LogP contribution in [-0.2, 0) is 9.47 Å². The molecule has 0 aliphatic rings. The van der Waals surface area contributed by atoms with E-state index in [1.54, 1.807) is 19.1 Å². The Morgan fingerprint density at radius 2 is 1.90 bits per heavy atom. The van der Waals surface area contributed by atoms with Gasteiger partial charge in [-0.2, -0.15) is 0 Å². The van der Waals surface area contributed by atoms with Crippen LogP contribution in [0.1, 0.15) is 6.42 Å². The summed E-state index contributed by atoms with van der Waals surface area (Å²) in [6, 6.07) is 0.758. The molecular formula is C12H20F2N4O2. The first-order valence-corrected chi connectivity index (χ1v) is 6.19. The summed E-state index contributed by atoms with van der Waals surface area (Å²) in [5.41, 5.74) is 2.11.